The molecule has 2 aromatic rings. The maximum absolute atomic E-state index is 4.41. The van der Waals surface area contributed by atoms with E-state index in [1.54, 1.807) is 0 Å². The monoisotopic (exact) mass is 213 g/mol. The van der Waals surface area contributed by atoms with Crippen molar-refractivity contribution in [1.82, 2.24) is 14.5 Å². The molecule has 0 aliphatic carbocycles. The summed E-state index contributed by atoms with van der Waals surface area (Å²) in [5.41, 5.74) is 3.69. The standard InChI is InChI=1S/C13H15N3/c1-15-8-9-16-11(10-15)5-6-13(16)12-4-2-3-7-14-12/h2-7H,8-10H2,1H3. The van der Waals surface area contributed by atoms with Crippen molar-refractivity contribution in [2.24, 2.45) is 0 Å². The number of aromatic nitrogens is 2. The fourth-order valence-electron chi connectivity index (χ4n) is 2.28. The van der Waals surface area contributed by atoms with Crippen molar-refractivity contribution in [1.29, 1.82) is 0 Å². The van der Waals surface area contributed by atoms with Gasteiger partial charge in [0.1, 0.15) is 0 Å². The summed E-state index contributed by atoms with van der Waals surface area (Å²) in [5, 5.41) is 0. The van der Waals surface area contributed by atoms with Crippen LogP contribution in [-0.2, 0) is 13.1 Å². The first-order chi connectivity index (χ1) is 7.84. The Morgan fingerprint density at radius 3 is 2.88 bits per heavy atom. The van der Waals surface area contributed by atoms with E-state index in [1.807, 2.05) is 18.3 Å². The third kappa shape index (κ3) is 1.53. The maximum atomic E-state index is 4.41. The van der Waals surface area contributed by atoms with Crippen LogP contribution in [0, 0.1) is 0 Å². The molecular formula is C13H15N3. The van der Waals surface area contributed by atoms with Gasteiger partial charge < -0.3 is 4.57 Å². The van der Waals surface area contributed by atoms with Gasteiger partial charge in [-0.3, -0.25) is 9.88 Å². The number of likely N-dealkylation sites (N-methyl/N-ethyl adjacent to an activating group) is 1. The smallest absolute Gasteiger partial charge is 0.0866 e. The maximum Gasteiger partial charge on any atom is 0.0866 e. The Balaban J connectivity index is 2.04. The van der Waals surface area contributed by atoms with Gasteiger partial charge in [-0.15, -0.1) is 0 Å². The van der Waals surface area contributed by atoms with Gasteiger partial charge in [-0.2, -0.15) is 0 Å². The minimum Gasteiger partial charge on any atom is -0.341 e. The normalized spacial score (nSPS) is 16.1. The zero-order chi connectivity index (χ0) is 11.0. The van der Waals surface area contributed by atoms with E-state index in [2.05, 4.69) is 39.7 Å². The molecule has 0 saturated carbocycles. The van der Waals surface area contributed by atoms with Gasteiger partial charge >= 0.3 is 0 Å². The van der Waals surface area contributed by atoms with Crippen molar-refractivity contribution in [3.8, 4) is 11.4 Å². The van der Waals surface area contributed by atoms with Crippen LogP contribution in [-0.4, -0.2) is 28.0 Å². The summed E-state index contributed by atoms with van der Waals surface area (Å²) < 4.78 is 2.38. The topological polar surface area (TPSA) is 21.1 Å². The number of nitrogens with zero attached hydrogens (tertiary/aromatic N) is 3. The molecule has 0 fully saturated rings. The Kier molecular flexibility index (Phi) is 2.26. The van der Waals surface area contributed by atoms with Crippen LogP contribution in [0.25, 0.3) is 11.4 Å². The average Bonchev–Trinajstić information content (AvgIpc) is 2.73. The number of pyridine rings is 1. The second-order valence-corrected chi connectivity index (χ2v) is 4.31. The minimum absolute atomic E-state index is 1.03. The number of hydrogen-bond acceptors (Lipinski definition) is 2. The second kappa shape index (κ2) is 3.76. The summed E-state index contributed by atoms with van der Waals surface area (Å²) in [6.45, 7) is 3.21. The van der Waals surface area contributed by atoms with E-state index in [4.69, 9.17) is 0 Å². The molecule has 3 heteroatoms. The third-order valence-corrected chi connectivity index (χ3v) is 3.14. The fraction of sp³-hybridized carbons (Fsp3) is 0.308. The van der Waals surface area contributed by atoms with E-state index in [0.717, 1.165) is 25.3 Å². The van der Waals surface area contributed by atoms with Gasteiger partial charge in [0.25, 0.3) is 0 Å². The van der Waals surface area contributed by atoms with Gasteiger partial charge in [-0.05, 0) is 31.3 Å². The van der Waals surface area contributed by atoms with Crippen molar-refractivity contribution >= 4 is 0 Å². The van der Waals surface area contributed by atoms with Crippen molar-refractivity contribution in [2.75, 3.05) is 13.6 Å². The van der Waals surface area contributed by atoms with Crippen LogP contribution in [0.15, 0.2) is 36.5 Å². The highest BCUT2D eigenvalue weighted by molar-refractivity contribution is 5.56. The van der Waals surface area contributed by atoms with Gasteiger partial charge in [0.15, 0.2) is 0 Å². The van der Waals surface area contributed by atoms with Crippen LogP contribution in [0.2, 0.25) is 0 Å². The zero-order valence-corrected chi connectivity index (χ0v) is 9.43. The molecule has 2 aromatic heterocycles. The van der Waals surface area contributed by atoms with Crippen LogP contribution >= 0.6 is 0 Å². The van der Waals surface area contributed by atoms with Gasteiger partial charge in [0, 0.05) is 31.5 Å². The molecule has 0 unspecified atom stereocenters. The van der Waals surface area contributed by atoms with Gasteiger partial charge in [0.2, 0.25) is 0 Å². The molecule has 0 spiro atoms. The highest BCUT2D eigenvalue weighted by Gasteiger charge is 2.16. The molecule has 1 aliphatic rings. The first-order valence-electron chi connectivity index (χ1n) is 5.63. The quantitative estimate of drug-likeness (QED) is 0.722. The Hall–Kier alpha value is -1.61. The minimum atomic E-state index is 1.03. The van der Waals surface area contributed by atoms with Gasteiger partial charge in [0.05, 0.1) is 11.4 Å². The first-order valence-corrected chi connectivity index (χ1v) is 5.63. The van der Waals surface area contributed by atoms with E-state index in [1.165, 1.54) is 11.4 Å². The highest BCUT2D eigenvalue weighted by Crippen LogP contribution is 2.23. The molecule has 0 N–H and O–H groups in total. The van der Waals surface area contributed by atoms with E-state index in [0.29, 0.717) is 0 Å². The van der Waals surface area contributed by atoms with Gasteiger partial charge in [-0.25, -0.2) is 0 Å². The number of rotatable bonds is 1. The SMILES string of the molecule is CN1CCn2c(ccc2-c2ccccn2)C1. The van der Waals surface area contributed by atoms with E-state index in [9.17, 15) is 0 Å². The van der Waals surface area contributed by atoms with Crippen LogP contribution in [0.3, 0.4) is 0 Å². The largest absolute Gasteiger partial charge is 0.341 e. The molecule has 0 radical (unpaired) electrons. The fourth-order valence-corrected chi connectivity index (χ4v) is 2.28. The summed E-state index contributed by atoms with van der Waals surface area (Å²) in [7, 11) is 2.16. The van der Waals surface area contributed by atoms with E-state index < -0.39 is 0 Å². The summed E-state index contributed by atoms with van der Waals surface area (Å²) in [5.74, 6) is 0. The van der Waals surface area contributed by atoms with Crippen LogP contribution in [0.4, 0.5) is 0 Å². The van der Waals surface area contributed by atoms with Crippen LogP contribution in [0.1, 0.15) is 5.69 Å². The predicted molar refractivity (Wildman–Crippen MR) is 64.0 cm³/mol. The van der Waals surface area contributed by atoms with Crippen LogP contribution in [0.5, 0.6) is 0 Å². The van der Waals surface area contributed by atoms with Crippen molar-refractivity contribution in [2.45, 2.75) is 13.1 Å². The number of fused-ring (bicyclic) bond motifs is 1. The van der Waals surface area contributed by atoms with Crippen molar-refractivity contribution in [3.05, 3.63) is 42.2 Å². The Labute approximate surface area is 95.3 Å². The molecule has 0 bridgehead atoms. The summed E-state index contributed by atoms with van der Waals surface area (Å²) in [4.78, 5) is 6.76. The molecule has 0 amide bonds. The van der Waals surface area contributed by atoms with Gasteiger partial charge in [-0.1, -0.05) is 6.07 Å². The van der Waals surface area contributed by atoms with Crippen molar-refractivity contribution < 1.29 is 0 Å². The molecule has 16 heavy (non-hydrogen) atoms. The number of hydrogen-bond donors (Lipinski definition) is 0. The lowest BCUT2D eigenvalue weighted by atomic mass is 10.2. The molecule has 0 aromatic carbocycles. The lowest BCUT2D eigenvalue weighted by molar-refractivity contribution is 0.271. The summed E-state index contributed by atoms with van der Waals surface area (Å²) in [6.07, 6.45) is 1.85. The molecule has 0 atom stereocenters. The average molecular weight is 213 g/mol. The van der Waals surface area contributed by atoms with Crippen LogP contribution < -0.4 is 0 Å². The molecule has 1 aliphatic heterocycles. The Bertz CT molecular complexity index is 487. The molecule has 0 saturated heterocycles. The predicted octanol–water partition coefficient (Wildman–Crippen LogP) is 2.00. The highest BCUT2D eigenvalue weighted by atomic mass is 15.2. The Morgan fingerprint density at radius 2 is 2.06 bits per heavy atom. The van der Waals surface area contributed by atoms with Crippen molar-refractivity contribution in [3.63, 3.8) is 0 Å². The molecule has 3 heterocycles. The molecule has 82 valence electrons. The lowest BCUT2D eigenvalue weighted by Gasteiger charge is -2.25. The zero-order valence-electron chi connectivity index (χ0n) is 9.43. The Morgan fingerprint density at radius 1 is 1.12 bits per heavy atom. The molecular weight excluding hydrogens is 198 g/mol. The molecule has 3 nitrogen and oxygen atoms in total. The van der Waals surface area contributed by atoms with E-state index >= 15 is 0 Å². The first kappa shape index (κ1) is 9.60. The summed E-state index contributed by atoms with van der Waals surface area (Å²) >= 11 is 0. The summed E-state index contributed by atoms with van der Waals surface area (Å²) in [6, 6.07) is 10.5. The second-order valence-electron chi connectivity index (χ2n) is 4.31. The van der Waals surface area contributed by atoms with E-state index in [-0.39, 0.29) is 0 Å². The third-order valence-electron chi connectivity index (χ3n) is 3.14. The lowest BCUT2D eigenvalue weighted by Crippen LogP contribution is -2.30. The molecule has 3 rings (SSSR count).